The molecule has 5 rings (SSSR count). The van der Waals surface area contributed by atoms with Crippen LogP contribution in [-0.4, -0.2) is 27.3 Å². The Morgan fingerprint density at radius 2 is 1.88 bits per heavy atom. The summed E-state index contributed by atoms with van der Waals surface area (Å²) in [5.41, 5.74) is 5.09. The van der Waals surface area contributed by atoms with Crippen molar-refractivity contribution in [1.29, 1.82) is 0 Å². The molecule has 4 heteroatoms. The molecule has 6 atom stereocenters. The first kappa shape index (κ1) is 25.2. The second-order valence-electron chi connectivity index (χ2n) is 11.6. The number of aromatic nitrogens is 1. The molecule has 0 aromatic carbocycles. The Kier molecular flexibility index (Phi) is 7.66. The summed E-state index contributed by atoms with van der Waals surface area (Å²) in [6.45, 7) is 7.09. The van der Waals surface area contributed by atoms with Crippen LogP contribution < -0.4 is 0 Å². The molecule has 2 saturated carbocycles. The third-order valence-electron chi connectivity index (χ3n) is 9.63. The van der Waals surface area contributed by atoms with Gasteiger partial charge in [0.05, 0.1) is 6.10 Å². The van der Waals surface area contributed by atoms with Gasteiger partial charge in [0.1, 0.15) is 0 Å². The number of carboxylic acids is 1. The molecule has 4 nitrogen and oxygen atoms in total. The van der Waals surface area contributed by atoms with Crippen LogP contribution >= 0.6 is 0 Å². The molecule has 4 aliphatic carbocycles. The monoisotopic (exact) mass is 465 g/mol. The average Bonchev–Trinajstić information content (AvgIpc) is 3.18. The number of rotatable bonds is 5. The number of aliphatic hydroxyl groups is 1. The van der Waals surface area contributed by atoms with Crippen LogP contribution in [0.3, 0.4) is 0 Å². The standard InChI is InChI=1S/C24H31NO.C6H12O2/c1-23-11-9-18(26)14-17(23)5-6-19-21-8-7-20(16-4-3-13-25-15-16)24(21,2)12-10-22(19)23;1-2-3-4-5-6(7)8/h3-5,7,13,15,18-19,21-22,26H,6,8-12,14H2,1-2H3;2-5H2,1H3,(H,7,8)/t18-,19-,21-,22-,23-,24+;/m0./s1. The number of pyridine rings is 1. The first-order valence-corrected chi connectivity index (χ1v) is 13.5. The lowest BCUT2D eigenvalue weighted by atomic mass is 9.47. The van der Waals surface area contributed by atoms with Crippen molar-refractivity contribution in [2.24, 2.45) is 28.6 Å². The molecule has 4 aliphatic rings. The van der Waals surface area contributed by atoms with Crippen molar-refractivity contribution < 1.29 is 15.0 Å². The van der Waals surface area contributed by atoms with Crippen LogP contribution in [0.1, 0.15) is 97.0 Å². The van der Waals surface area contributed by atoms with E-state index in [1.54, 1.807) is 11.1 Å². The van der Waals surface area contributed by atoms with E-state index < -0.39 is 5.97 Å². The highest BCUT2D eigenvalue weighted by molar-refractivity contribution is 5.72. The average molecular weight is 466 g/mol. The van der Waals surface area contributed by atoms with Crippen molar-refractivity contribution in [3.05, 3.63) is 47.8 Å². The maximum Gasteiger partial charge on any atom is 0.303 e. The third kappa shape index (κ3) is 4.76. The number of aliphatic carboxylic acids is 1. The molecule has 34 heavy (non-hydrogen) atoms. The molecular weight excluding hydrogens is 422 g/mol. The quantitative estimate of drug-likeness (QED) is 0.361. The van der Waals surface area contributed by atoms with E-state index >= 15 is 0 Å². The van der Waals surface area contributed by atoms with Gasteiger partial charge in [0, 0.05) is 18.8 Å². The van der Waals surface area contributed by atoms with E-state index in [2.05, 4.69) is 50.0 Å². The zero-order valence-corrected chi connectivity index (χ0v) is 21.3. The Morgan fingerprint density at radius 3 is 2.59 bits per heavy atom. The number of hydrogen-bond acceptors (Lipinski definition) is 3. The highest BCUT2D eigenvalue weighted by Gasteiger charge is 2.56. The largest absolute Gasteiger partial charge is 0.481 e. The number of carbonyl (C=O) groups is 1. The van der Waals surface area contributed by atoms with Gasteiger partial charge in [0.2, 0.25) is 0 Å². The molecule has 0 aliphatic heterocycles. The summed E-state index contributed by atoms with van der Waals surface area (Å²) in [6.07, 6.45) is 20.3. The minimum Gasteiger partial charge on any atom is -0.481 e. The fraction of sp³-hybridized carbons (Fsp3) is 0.667. The van der Waals surface area contributed by atoms with Gasteiger partial charge in [-0.15, -0.1) is 0 Å². The van der Waals surface area contributed by atoms with Crippen molar-refractivity contribution in [3.63, 3.8) is 0 Å². The number of carboxylic acid groups (broad SMARTS) is 1. The molecule has 186 valence electrons. The summed E-state index contributed by atoms with van der Waals surface area (Å²) < 4.78 is 0. The number of nitrogens with zero attached hydrogens (tertiary/aromatic N) is 1. The van der Waals surface area contributed by atoms with Gasteiger partial charge in [0.25, 0.3) is 0 Å². The summed E-state index contributed by atoms with van der Waals surface area (Å²) in [5.74, 6) is 1.68. The van der Waals surface area contributed by atoms with Gasteiger partial charge in [-0.1, -0.05) is 57.4 Å². The van der Waals surface area contributed by atoms with Crippen LogP contribution in [0, 0.1) is 28.6 Å². The highest BCUT2D eigenvalue weighted by Crippen LogP contribution is 2.66. The third-order valence-corrected chi connectivity index (χ3v) is 9.63. The van der Waals surface area contributed by atoms with Crippen LogP contribution in [0.25, 0.3) is 5.57 Å². The first-order valence-electron chi connectivity index (χ1n) is 13.5. The molecule has 1 heterocycles. The summed E-state index contributed by atoms with van der Waals surface area (Å²) in [6, 6.07) is 4.31. The Balaban J connectivity index is 0.000000297. The molecule has 0 radical (unpaired) electrons. The van der Waals surface area contributed by atoms with Gasteiger partial charge >= 0.3 is 5.97 Å². The Labute approximate surface area is 205 Å². The van der Waals surface area contributed by atoms with Crippen molar-refractivity contribution in [3.8, 4) is 0 Å². The molecule has 0 unspecified atom stereocenters. The lowest BCUT2D eigenvalue weighted by Crippen LogP contribution is -2.49. The maximum absolute atomic E-state index is 10.2. The van der Waals surface area contributed by atoms with E-state index in [0.29, 0.717) is 17.3 Å². The van der Waals surface area contributed by atoms with Crippen LogP contribution in [-0.2, 0) is 4.79 Å². The van der Waals surface area contributed by atoms with Crippen molar-refractivity contribution in [2.45, 2.75) is 97.5 Å². The summed E-state index contributed by atoms with van der Waals surface area (Å²) in [4.78, 5) is 14.3. The van der Waals surface area contributed by atoms with Crippen LogP contribution in [0.2, 0.25) is 0 Å². The lowest BCUT2D eigenvalue weighted by molar-refractivity contribution is -0.137. The molecule has 2 fully saturated rings. The van der Waals surface area contributed by atoms with Gasteiger partial charge in [-0.05, 0) is 97.2 Å². The van der Waals surface area contributed by atoms with Gasteiger partial charge in [0.15, 0.2) is 0 Å². The van der Waals surface area contributed by atoms with E-state index in [9.17, 15) is 9.90 Å². The van der Waals surface area contributed by atoms with Gasteiger partial charge in [-0.25, -0.2) is 0 Å². The van der Waals surface area contributed by atoms with Crippen molar-refractivity contribution >= 4 is 11.5 Å². The second-order valence-corrected chi connectivity index (χ2v) is 11.6. The number of aliphatic hydroxyl groups excluding tert-OH is 1. The molecule has 1 aromatic rings. The van der Waals surface area contributed by atoms with Gasteiger partial charge in [-0.3, -0.25) is 9.78 Å². The number of fused-ring (bicyclic) bond motifs is 5. The van der Waals surface area contributed by atoms with Crippen molar-refractivity contribution in [1.82, 2.24) is 4.98 Å². The minimum atomic E-state index is -0.682. The fourth-order valence-electron chi connectivity index (χ4n) is 7.70. The van der Waals surface area contributed by atoms with Crippen LogP contribution in [0.5, 0.6) is 0 Å². The normalized spacial score (nSPS) is 36.1. The van der Waals surface area contributed by atoms with E-state index in [-0.39, 0.29) is 6.10 Å². The van der Waals surface area contributed by atoms with E-state index in [4.69, 9.17) is 5.11 Å². The zero-order chi connectivity index (χ0) is 24.3. The van der Waals surface area contributed by atoms with Gasteiger partial charge < -0.3 is 10.2 Å². The topological polar surface area (TPSA) is 70.4 Å². The predicted molar refractivity (Wildman–Crippen MR) is 137 cm³/mol. The molecule has 2 N–H and O–H groups in total. The number of unbranched alkanes of at least 4 members (excludes halogenated alkanes) is 2. The smallest absolute Gasteiger partial charge is 0.303 e. The van der Waals surface area contributed by atoms with Crippen LogP contribution in [0.15, 0.2) is 42.3 Å². The van der Waals surface area contributed by atoms with E-state index in [1.165, 1.54) is 37.7 Å². The van der Waals surface area contributed by atoms with Crippen LogP contribution in [0.4, 0.5) is 0 Å². The van der Waals surface area contributed by atoms with E-state index in [1.807, 2.05) is 12.4 Å². The van der Waals surface area contributed by atoms with Crippen molar-refractivity contribution in [2.75, 3.05) is 0 Å². The summed E-state index contributed by atoms with van der Waals surface area (Å²) in [7, 11) is 0. The Hall–Kier alpha value is -1.94. The fourth-order valence-corrected chi connectivity index (χ4v) is 7.70. The maximum atomic E-state index is 10.2. The molecule has 0 spiro atoms. The minimum absolute atomic E-state index is 0.106. The molecule has 0 saturated heterocycles. The predicted octanol–water partition coefficient (Wildman–Crippen LogP) is 7.05. The second kappa shape index (κ2) is 10.4. The van der Waals surface area contributed by atoms with E-state index in [0.717, 1.165) is 49.9 Å². The first-order chi connectivity index (χ1) is 16.3. The van der Waals surface area contributed by atoms with Gasteiger partial charge in [-0.2, -0.15) is 0 Å². The number of hydrogen-bond donors (Lipinski definition) is 2. The Bertz CT molecular complexity index is 922. The molecule has 0 bridgehead atoms. The molecule has 0 amide bonds. The Morgan fingerprint density at radius 1 is 1.09 bits per heavy atom. The molecular formula is C30H43NO3. The zero-order valence-electron chi connectivity index (χ0n) is 21.3. The summed E-state index contributed by atoms with van der Waals surface area (Å²) in [5, 5.41) is 18.3. The lowest BCUT2D eigenvalue weighted by Gasteiger charge is -2.57. The molecule has 1 aromatic heterocycles. The highest BCUT2D eigenvalue weighted by atomic mass is 16.4. The SMILES string of the molecule is CCCCCC(=O)O.C[C@]12CC[C@H](O)CC1=CC[C@@H]1[C@@H]2CC[C@]2(C)C(c3cccnc3)=CC[C@@H]12. The summed E-state index contributed by atoms with van der Waals surface area (Å²) >= 11 is 0. The number of allylic oxidation sites excluding steroid dienone is 3.